The summed E-state index contributed by atoms with van der Waals surface area (Å²) in [5, 5.41) is 12.3. The van der Waals surface area contributed by atoms with Crippen molar-refractivity contribution in [2.24, 2.45) is 0 Å². The Kier molecular flexibility index (Phi) is 3.31. The monoisotopic (exact) mass is 271 g/mol. The van der Waals surface area contributed by atoms with Gasteiger partial charge in [-0.05, 0) is 25.4 Å². The molecule has 1 aromatic heterocycles. The Bertz CT molecular complexity index is 481. The molecule has 0 bridgehead atoms. The number of carboxylic acid groups (broad SMARTS) is 1. The fraction of sp³-hybridized carbons (Fsp3) is 0.600. The molecule has 18 heavy (non-hydrogen) atoms. The zero-order chi connectivity index (χ0) is 13.3. The molecule has 98 valence electrons. The van der Waals surface area contributed by atoms with Gasteiger partial charge in [-0.15, -0.1) is 5.10 Å². The Morgan fingerprint density at radius 1 is 1.56 bits per heavy atom. The van der Waals surface area contributed by atoms with Gasteiger partial charge in [0.05, 0.1) is 18.8 Å². The number of aryl methyl sites for hydroxylation is 1. The highest BCUT2D eigenvalue weighted by molar-refractivity contribution is 7.07. The van der Waals surface area contributed by atoms with Gasteiger partial charge in [0, 0.05) is 0 Å². The van der Waals surface area contributed by atoms with Crippen LogP contribution in [0.3, 0.4) is 0 Å². The van der Waals surface area contributed by atoms with Crippen molar-refractivity contribution in [1.82, 2.24) is 14.5 Å². The SMILES string of the molecule is Cc1nnsc1C(=O)N1CC(C)(OCC(=O)O)C1. The lowest BCUT2D eigenvalue weighted by molar-refractivity contribution is -0.159. The number of hydrogen-bond acceptors (Lipinski definition) is 6. The number of hydrogen-bond donors (Lipinski definition) is 1. The topological polar surface area (TPSA) is 92.6 Å². The number of aliphatic carboxylic acids is 1. The summed E-state index contributed by atoms with van der Waals surface area (Å²) in [6.07, 6.45) is 0. The van der Waals surface area contributed by atoms with E-state index in [2.05, 4.69) is 9.59 Å². The number of carbonyl (C=O) groups excluding carboxylic acids is 1. The van der Waals surface area contributed by atoms with Gasteiger partial charge in [-0.1, -0.05) is 4.49 Å². The number of carbonyl (C=O) groups is 2. The summed E-state index contributed by atoms with van der Waals surface area (Å²) >= 11 is 1.07. The highest BCUT2D eigenvalue weighted by Crippen LogP contribution is 2.27. The van der Waals surface area contributed by atoms with E-state index in [1.807, 2.05) is 0 Å². The molecule has 2 heterocycles. The number of aromatic nitrogens is 2. The van der Waals surface area contributed by atoms with Crippen molar-refractivity contribution >= 4 is 23.4 Å². The zero-order valence-corrected chi connectivity index (χ0v) is 10.9. The smallest absolute Gasteiger partial charge is 0.329 e. The van der Waals surface area contributed by atoms with E-state index >= 15 is 0 Å². The lowest BCUT2D eigenvalue weighted by Gasteiger charge is -2.46. The molecule has 1 amide bonds. The van der Waals surface area contributed by atoms with Crippen molar-refractivity contribution in [2.75, 3.05) is 19.7 Å². The Morgan fingerprint density at radius 2 is 2.22 bits per heavy atom. The minimum absolute atomic E-state index is 0.126. The van der Waals surface area contributed by atoms with Gasteiger partial charge in [0.2, 0.25) is 0 Å². The molecule has 0 aromatic carbocycles. The average molecular weight is 271 g/mol. The van der Waals surface area contributed by atoms with E-state index in [0.717, 1.165) is 11.5 Å². The van der Waals surface area contributed by atoms with Gasteiger partial charge in [0.25, 0.3) is 5.91 Å². The van der Waals surface area contributed by atoms with Crippen LogP contribution in [-0.2, 0) is 9.53 Å². The summed E-state index contributed by atoms with van der Waals surface area (Å²) in [6, 6.07) is 0. The van der Waals surface area contributed by atoms with Gasteiger partial charge in [-0.25, -0.2) is 4.79 Å². The molecule has 0 saturated carbocycles. The van der Waals surface area contributed by atoms with Gasteiger partial charge in [0.1, 0.15) is 17.1 Å². The first-order chi connectivity index (χ1) is 8.41. The lowest BCUT2D eigenvalue weighted by Crippen LogP contribution is -2.63. The summed E-state index contributed by atoms with van der Waals surface area (Å²) in [5.41, 5.74) is 0.0464. The van der Waals surface area contributed by atoms with Crippen molar-refractivity contribution in [3.8, 4) is 0 Å². The van der Waals surface area contributed by atoms with E-state index in [0.29, 0.717) is 23.7 Å². The van der Waals surface area contributed by atoms with Crippen molar-refractivity contribution in [3.05, 3.63) is 10.6 Å². The second kappa shape index (κ2) is 4.62. The minimum atomic E-state index is -1.01. The summed E-state index contributed by atoms with van der Waals surface area (Å²) in [6.45, 7) is 3.95. The normalized spacial score (nSPS) is 17.3. The molecule has 1 aromatic rings. The van der Waals surface area contributed by atoms with Crippen LogP contribution >= 0.6 is 11.5 Å². The Morgan fingerprint density at radius 3 is 2.72 bits per heavy atom. The van der Waals surface area contributed by atoms with Gasteiger partial charge in [-0.3, -0.25) is 4.79 Å². The summed E-state index contributed by atoms with van der Waals surface area (Å²) in [5.74, 6) is -1.14. The Hall–Kier alpha value is -1.54. The molecule has 0 spiro atoms. The highest BCUT2D eigenvalue weighted by Gasteiger charge is 2.43. The van der Waals surface area contributed by atoms with Gasteiger partial charge in [-0.2, -0.15) is 0 Å². The van der Waals surface area contributed by atoms with Crippen molar-refractivity contribution in [3.63, 3.8) is 0 Å². The Balaban J connectivity index is 1.91. The quantitative estimate of drug-likeness (QED) is 0.838. The maximum atomic E-state index is 12.0. The van der Waals surface area contributed by atoms with Crippen LogP contribution < -0.4 is 0 Å². The van der Waals surface area contributed by atoms with Gasteiger partial charge in [0.15, 0.2) is 0 Å². The van der Waals surface area contributed by atoms with Crippen LogP contribution in [0.5, 0.6) is 0 Å². The largest absolute Gasteiger partial charge is 0.480 e. The Labute approximate surface area is 108 Å². The number of likely N-dealkylation sites (tertiary alicyclic amines) is 1. The molecule has 1 fully saturated rings. The van der Waals surface area contributed by atoms with Crippen molar-refractivity contribution < 1.29 is 19.4 Å². The summed E-state index contributed by atoms with van der Waals surface area (Å²) in [4.78, 5) is 24.6. The standard InChI is InChI=1S/C10H13N3O4S/c1-6-8(18-12-11-6)9(16)13-4-10(2,5-13)17-3-7(14)15/h3-5H2,1-2H3,(H,14,15). The number of carboxylic acids is 1. The maximum absolute atomic E-state index is 12.0. The predicted molar refractivity (Wildman–Crippen MR) is 62.5 cm³/mol. The van der Waals surface area contributed by atoms with Crippen LogP contribution in [0.4, 0.5) is 0 Å². The van der Waals surface area contributed by atoms with E-state index in [1.165, 1.54) is 0 Å². The fourth-order valence-corrected chi connectivity index (χ4v) is 2.43. The van der Waals surface area contributed by atoms with Crippen molar-refractivity contribution in [1.29, 1.82) is 0 Å². The van der Waals surface area contributed by atoms with Crippen LogP contribution in [0.15, 0.2) is 0 Å². The second-order valence-corrected chi connectivity index (χ2v) is 5.24. The third kappa shape index (κ3) is 2.49. The average Bonchev–Trinajstić information content (AvgIpc) is 2.68. The van der Waals surface area contributed by atoms with Crippen LogP contribution in [0.25, 0.3) is 0 Å². The summed E-state index contributed by atoms with van der Waals surface area (Å²) in [7, 11) is 0. The first-order valence-corrected chi connectivity index (χ1v) is 6.13. The molecule has 7 nitrogen and oxygen atoms in total. The first kappa shape index (κ1) is 12.9. The molecule has 0 aliphatic carbocycles. The molecular weight excluding hydrogens is 258 g/mol. The fourth-order valence-electron chi connectivity index (χ4n) is 1.80. The number of amides is 1. The molecule has 0 atom stereocenters. The van der Waals surface area contributed by atoms with E-state index in [1.54, 1.807) is 18.7 Å². The van der Waals surface area contributed by atoms with E-state index in [9.17, 15) is 9.59 Å². The molecule has 1 aliphatic heterocycles. The third-order valence-electron chi connectivity index (χ3n) is 2.73. The molecular formula is C10H13N3O4S. The van der Waals surface area contributed by atoms with Crippen LogP contribution in [0.1, 0.15) is 22.3 Å². The number of rotatable bonds is 4. The molecule has 2 rings (SSSR count). The van der Waals surface area contributed by atoms with Gasteiger partial charge >= 0.3 is 5.97 Å². The van der Waals surface area contributed by atoms with E-state index in [4.69, 9.17) is 9.84 Å². The number of ether oxygens (including phenoxy) is 1. The second-order valence-electron chi connectivity index (χ2n) is 4.48. The summed E-state index contributed by atoms with van der Waals surface area (Å²) < 4.78 is 8.95. The van der Waals surface area contributed by atoms with E-state index < -0.39 is 11.6 Å². The highest BCUT2D eigenvalue weighted by atomic mass is 32.1. The third-order valence-corrected chi connectivity index (χ3v) is 3.54. The van der Waals surface area contributed by atoms with Crippen LogP contribution in [-0.4, -0.2) is 56.8 Å². The molecule has 1 aliphatic rings. The molecule has 1 saturated heterocycles. The first-order valence-electron chi connectivity index (χ1n) is 5.35. The molecule has 0 radical (unpaired) electrons. The molecule has 1 N–H and O–H groups in total. The molecule has 0 unspecified atom stereocenters. The minimum Gasteiger partial charge on any atom is -0.480 e. The number of nitrogens with zero attached hydrogens (tertiary/aromatic N) is 3. The zero-order valence-electron chi connectivity index (χ0n) is 10.0. The maximum Gasteiger partial charge on any atom is 0.329 e. The van der Waals surface area contributed by atoms with E-state index in [-0.39, 0.29) is 12.5 Å². The molecule has 8 heteroatoms. The van der Waals surface area contributed by atoms with Crippen molar-refractivity contribution in [2.45, 2.75) is 19.4 Å². The van der Waals surface area contributed by atoms with Gasteiger partial charge < -0.3 is 14.7 Å². The predicted octanol–water partition coefficient (Wildman–Crippen LogP) is 0.162. The lowest BCUT2D eigenvalue weighted by atomic mass is 9.96. The van der Waals surface area contributed by atoms with Crippen LogP contribution in [0.2, 0.25) is 0 Å². The van der Waals surface area contributed by atoms with Crippen LogP contribution in [0, 0.1) is 6.92 Å².